The second kappa shape index (κ2) is 7.53. The molecule has 1 aromatic carbocycles. The minimum Gasteiger partial charge on any atom is -0.301 e. The maximum atomic E-state index is 13.1. The molecule has 0 radical (unpaired) electrons. The average molecular weight is 424 g/mol. The highest BCUT2D eigenvalue weighted by Gasteiger charge is 2.39. The molecule has 4 rings (SSSR count). The number of amides is 1. The molecule has 2 atom stereocenters. The summed E-state index contributed by atoms with van der Waals surface area (Å²) >= 11 is 1.48. The maximum Gasteiger partial charge on any atom is 0.244 e. The number of carbonyl (C=O) groups excluding carboxylic acids is 1. The molecule has 1 fully saturated rings. The molecule has 0 unspecified atom stereocenters. The lowest BCUT2D eigenvalue weighted by molar-refractivity contribution is -0.119. The van der Waals surface area contributed by atoms with Crippen molar-refractivity contribution in [3.63, 3.8) is 0 Å². The summed E-state index contributed by atoms with van der Waals surface area (Å²) in [6.07, 6.45) is 4.03. The van der Waals surface area contributed by atoms with Gasteiger partial charge in [-0.25, -0.2) is 17.8 Å². The lowest BCUT2D eigenvalue weighted by Crippen LogP contribution is -2.43. The standard InChI is InChI=1S/C19H22FN3O3S2/c1-12-4-9-15-17(11-12)27-19(21-15)22-18(24)16-3-2-10-23(16)28(25,26)14-7-5-13(20)6-8-14/h5-8,12,16H,2-4,9-11H2,1H3,(H,21,22,24)/t12-,16-/m1/s1. The van der Waals surface area contributed by atoms with Gasteiger partial charge in [0.1, 0.15) is 11.9 Å². The monoisotopic (exact) mass is 423 g/mol. The number of sulfonamides is 1. The van der Waals surface area contributed by atoms with Crippen LogP contribution in [-0.2, 0) is 27.7 Å². The van der Waals surface area contributed by atoms with Crippen LogP contribution in [0, 0.1) is 11.7 Å². The SMILES string of the molecule is C[C@@H]1CCc2nc(NC(=O)[C@H]3CCCN3S(=O)(=O)c3ccc(F)cc3)sc2C1. The average Bonchev–Trinajstić information content (AvgIpc) is 3.28. The topological polar surface area (TPSA) is 79.4 Å². The number of rotatable bonds is 4. The first kappa shape index (κ1) is 19.5. The number of aromatic nitrogens is 1. The molecule has 1 N–H and O–H groups in total. The van der Waals surface area contributed by atoms with Crippen molar-refractivity contribution >= 4 is 32.4 Å². The van der Waals surface area contributed by atoms with Crippen molar-refractivity contribution in [3.8, 4) is 0 Å². The Labute approximate surface area is 167 Å². The lowest BCUT2D eigenvalue weighted by Gasteiger charge is -2.23. The molecule has 9 heteroatoms. The Morgan fingerprint density at radius 1 is 1.29 bits per heavy atom. The van der Waals surface area contributed by atoms with Crippen LogP contribution >= 0.6 is 11.3 Å². The van der Waals surface area contributed by atoms with E-state index in [1.165, 1.54) is 32.7 Å². The van der Waals surface area contributed by atoms with Crippen LogP contribution in [0.2, 0.25) is 0 Å². The van der Waals surface area contributed by atoms with Crippen LogP contribution in [0.4, 0.5) is 9.52 Å². The first-order valence-electron chi connectivity index (χ1n) is 9.41. The van der Waals surface area contributed by atoms with Crippen LogP contribution in [0.25, 0.3) is 0 Å². The second-order valence-electron chi connectivity index (χ2n) is 7.45. The van der Waals surface area contributed by atoms with E-state index in [0.29, 0.717) is 23.9 Å². The third-order valence-corrected chi connectivity index (χ3v) is 8.30. The van der Waals surface area contributed by atoms with Gasteiger partial charge in [-0.05, 0) is 62.3 Å². The van der Waals surface area contributed by atoms with Gasteiger partial charge < -0.3 is 5.32 Å². The normalized spacial score (nSPS) is 22.8. The largest absolute Gasteiger partial charge is 0.301 e. The number of carbonyl (C=O) groups is 1. The molecule has 6 nitrogen and oxygen atoms in total. The number of aryl methyl sites for hydroxylation is 1. The van der Waals surface area contributed by atoms with E-state index in [1.54, 1.807) is 0 Å². The second-order valence-corrected chi connectivity index (χ2v) is 10.4. The van der Waals surface area contributed by atoms with Crippen LogP contribution in [0.1, 0.15) is 36.8 Å². The Balaban J connectivity index is 1.52. The van der Waals surface area contributed by atoms with Crippen molar-refractivity contribution in [1.29, 1.82) is 0 Å². The molecular weight excluding hydrogens is 401 g/mol. The predicted molar refractivity (Wildman–Crippen MR) is 105 cm³/mol. The molecule has 0 spiro atoms. The van der Waals surface area contributed by atoms with Gasteiger partial charge in [-0.2, -0.15) is 4.31 Å². The summed E-state index contributed by atoms with van der Waals surface area (Å²) in [6, 6.07) is 3.90. The fraction of sp³-hybridized carbons (Fsp3) is 0.474. The van der Waals surface area contributed by atoms with Crippen LogP contribution in [0.5, 0.6) is 0 Å². The van der Waals surface area contributed by atoms with Gasteiger partial charge in [0.15, 0.2) is 5.13 Å². The number of nitrogens with one attached hydrogen (secondary N) is 1. The Morgan fingerprint density at radius 2 is 2.04 bits per heavy atom. The van der Waals surface area contributed by atoms with Crippen molar-refractivity contribution in [1.82, 2.24) is 9.29 Å². The zero-order valence-corrected chi connectivity index (χ0v) is 17.2. The van der Waals surface area contributed by atoms with Gasteiger partial charge >= 0.3 is 0 Å². The van der Waals surface area contributed by atoms with Crippen LogP contribution in [0.15, 0.2) is 29.2 Å². The maximum absolute atomic E-state index is 13.1. The number of hydrogen-bond acceptors (Lipinski definition) is 5. The first-order valence-corrected chi connectivity index (χ1v) is 11.7. The Hall–Kier alpha value is -1.84. The molecule has 2 aliphatic rings. The predicted octanol–water partition coefficient (Wildman–Crippen LogP) is 3.20. The van der Waals surface area contributed by atoms with Crippen LogP contribution in [-0.4, -0.2) is 36.2 Å². The number of thiazole rings is 1. The van der Waals surface area contributed by atoms with Crippen molar-refractivity contribution in [3.05, 3.63) is 40.7 Å². The molecule has 1 saturated heterocycles. The summed E-state index contributed by atoms with van der Waals surface area (Å²) in [6.45, 7) is 2.47. The highest BCUT2D eigenvalue weighted by atomic mass is 32.2. The third kappa shape index (κ3) is 3.70. The molecule has 0 saturated carbocycles. The summed E-state index contributed by atoms with van der Waals surface area (Å²) in [7, 11) is -3.86. The van der Waals surface area contributed by atoms with Gasteiger partial charge in [-0.1, -0.05) is 6.92 Å². The molecule has 1 aliphatic carbocycles. The van der Waals surface area contributed by atoms with E-state index in [1.807, 2.05) is 0 Å². The number of nitrogens with zero attached hydrogens (tertiary/aromatic N) is 2. The van der Waals surface area contributed by atoms with Gasteiger partial charge in [0, 0.05) is 11.4 Å². The lowest BCUT2D eigenvalue weighted by atomic mass is 9.93. The molecule has 28 heavy (non-hydrogen) atoms. The summed E-state index contributed by atoms with van der Waals surface area (Å²) in [4.78, 5) is 18.6. The molecule has 0 bridgehead atoms. The van der Waals surface area contributed by atoms with Crippen molar-refractivity contribution in [2.24, 2.45) is 5.92 Å². The molecule has 2 heterocycles. The molecule has 1 amide bonds. The van der Waals surface area contributed by atoms with Crippen molar-refractivity contribution < 1.29 is 17.6 Å². The number of hydrogen-bond donors (Lipinski definition) is 1. The number of benzene rings is 1. The van der Waals surface area contributed by atoms with Crippen molar-refractivity contribution in [2.45, 2.75) is 50.0 Å². The zero-order valence-electron chi connectivity index (χ0n) is 15.5. The van der Waals surface area contributed by atoms with E-state index in [9.17, 15) is 17.6 Å². The van der Waals surface area contributed by atoms with E-state index in [0.717, 1.165) is 37.1 Å². The van der Waals surface area contributed by atoms with Crippen LogP contribution < -0.4 is 5.32 Å². The first-order chi connectivity index (χ1) is 13.3. The Bertz CT molecular complexity index is 988. The highest BCUT2D eigenvalue weighted by Crippen LogP contribution is 2.33. The summed E-state index contributed by atoms with van der Waals surface area (Å²) in [5.41, 5.74) is 1.04. The highest BCUT2D eigenvalue weighted by molar-refractivity contribution is 7.89. The van der Waals surface area contributed by atoms with E-state index in [4.69, 9.17) is 0 Å². The van der Waals surface area contributed by atoms with Gasteiger partial charge in [0.05, 0.1) is 10.6 Å². The summed E-state index contributed by atoms with van der Waals surface area (Å²) in [5, 5.41) is 3.36. The summed E-state index contributed by atoms with van der Waals surface area (Å²) < 4.78 is 40.2. The molecule has 150 valence electrons. The molecule has 1 aliphatic heterocycles. The Kier molecular flexibility index (Phi) is 5.24. The number of fused-ring (bicyclic) bond motifs is 1. The van der Waals surface area contributed by atoms with E-state index >= 15 is 0 Å². The molecule has 1 aromatic heterocycles. The fourth-order valence-corrected chi connectivity index (χ4v) is 6.64. The quantitative estimate of drug-likeness (QED) is 0.819. The van der Waals surface area contributed by atoms with Crippen LogP contribution in [0.3, 0.4) is 0 Å². The third-order valence-electron chi connectivity index (χ3n) is 5.34. The number of anilines is 1. The minimum atomic E-state index is -3.86. The van der Waals surface area contributed by atoms with Gasteiger partial charge in [-0.3, -0.25) is 4.79 Å². The van der Waals surface area contributed by atoms with Crippen molar-refractivity contribution in [2.75, 3.05) is 11.9 Å². The van der Waals surface area contributed by atoms with Gasteiger partial charge in [-0.15, -0.1) is 11.3 Å². The van der Waals surface area contributed by atoms with E-state index in [-0.39, 0.29) is 17.3 Å². The fourth-order valence-electron chi connectivity index (χ4n) is 3.81. The van der Waals surface area contributed by atoms with E-state index < -0.39 is 21.9 Å². The Morgan fingerprint density at radius 3 is 2.79 bits per heavy atom. The van der Waals surface area contributed by atoms with Gasteiger partial charge in [0.2, 0.25) is 15.9 Å². The zero-order chi connectivity index (χ0) is 19.9. The molecular formula is C19H22FN3O3S2. The number of halogens is 1. The smallest absolute Gasteiger partial charge is 0.244 e. The molecule has 2 aromatic rings. The minimum absolute atomic E-state index is 0.00713. The van der Waals surface area contributed by atoms with E-state index in [2.05, 4.69) is 17.2 Å². The van der Waals surface area contributed by atoms with Gasteiger partial charge in [0.25, 0.3) is 0 Å². The summed E-state index contributed by atoms with van der Waals surface area (Å²) in [5.74, 6) is -0.248.